The van der Waals surface area contributed by atoms with Gasteiger partial charge in [0.1, 0.15) is 5.75 Å². The number of hydrogen-bond acceptors (Lipinski definition) is 3. The second kappa shape index (κ2) is 8.49. The Balaban J connectivity index is 0.00000200. The Bertz CT molecular complexity index is 453. The van der Waals surface area contributed by atoms with Crippen LogP contribution in [0.4, 0.5) is 5.69 Å². The van der Waals surface area contributed by atoms with E-state index in [-0.39, 0.29) is 18.3 Å². The molecule has 0 bridgehead atoms. The number of amides is 1. The van der Waals surface area contributed by atoms with Crippen molar-refractivity contribution < 1.29 is 9.53 Å². The topological polar surface area (TPSA) is 50.4 Å². The summed E-state index contributed by atoms with van der Waals surface area (Å²) in [5.41, 5.74) is 0.711. The lowest BCUT2D eigenvalue weighted by atomic mass is 10.3. The Hall–Kier alpha value is -0.780. The van der Waals surface area contributed by atoms with Crippen LogP contribution < -0.4 is 15.4 Å². The number of anilines is 1. The zero-order valence-corrected chi connectivity index (χ0v) is 13.9. The van der Waals surface area contributed by atoms with Crippen LogP contribution >= 0.6 is 28.3 Å². The van der Waals surface area contributed by atoms with Gasteiger partial charge in [-0.15, -0.1) is 12.4 Å². The molecular formula is C14H20BrClN2O2. The quantitative estimate of drug-likeness (QED) is 0.782. The van der Waals surface area contributed by atoms with Crippen molar-refractivity contribution in [1.29, 1.82) is 0 Å². The molecular weight excluding hydrogens is 344 g/mol. The summed E-state index contributed by atoms with van der Waals surface area (Å²) in [4.78, 5) is 11.8. The average Bonchev–Trinajstić information content (AvgIpc) is 3.17. The standard InChI is InChI=1S/C14H19BrN2O2.ClH/c1-2-19-13-7-11(15)5-6-12(13)17-14(18)9-16-8-10-3-4-10;/h5-7,10,16H,2-4,8-9H2,1H3,(H,17,18);1H. The largest absolute Gasteiger partial charge is 0.492 e. The molecule has 1 fully saturated rings. The molecule has 1 amide bonds. The third-order valence-electron chi connectivity index (χ3n) is 2.93. The molecule has 6 heteroatoms. The van der Waals surface area contributed by atoms with Crippen LogP contribution in [-0.4, -0.2) is 25.6 Å². The molecule has 0 aliphatic heterocycles. The van der Waals surface area contributed by atoms with Crippen molar-refractivity contribution in [2.45, 2.75) is 19.8 Å². The summed E-state index contributed by atoms with van der Waals surface area (Å²) in [7, 11) is 0. The van der Waals surface area contributed by atoms with E-state index in [0.29, 0.717) is 24.6 Å². The van der Waals surface area contributed by atoms with Gasteiger partial charge in [0, 0.05) is 4.47 Å². The summed E-state index contributed by atoms with van der Waals surface area (Å²) in [6.07, 6.45) is 2.58. The van der Waals surface area contributed by atoms with Crippen molar-refractivity contribution in [3.05, 3.63) is 22.7 Å². The Morgan fingerprint density at radius 2 is 2.20 bits per heavy atom. The van der Waals surface area contributed by atoms with E-state index in [1.165, 1.54) is 12.8 Å². The second-order valence-electron chi connectivity index (χ2n) is 4.70. The maximum atomic E-state index is 11.8. The molecule has 112 valence electrons. The molecule has 1 saturated carbocycles. The van der Waals surface area contributed by atoms with Gasteiger partial charge >= 0.3 is 0 Å². The first-order chi connectivity index (χ1) is 9.19. The van der Waals surface area contributed by atoms with Crippen LogP contribution in [-0.2, 0) is 4.79 Å². The van der Waals surface area contributed by atoms with Crippen molar-refractivity contribution in [3.63, 3.8) is 0 Å². The van der Waals surface area contributed by atoms with Crippen LogP contribution in [0.15, 0.2) is 22.7 Å². The SMILES string of the molecule is CCOc1cc(Br)ccc1NC(=O)CNCC1CC1.Cl. The van der Waals surface area contributed by atoms with Gasteiger partial charge in [-0.3, -0.25) is 4.79 Å². The highest BCUT2D eigenvalue weighted by Crippen LogP contribution is 2.29. The van der Waals surface area contributed by atoms with Crippen molar-refractivity contribution >= 4 is 39.9 Å². The van der Waals surface area contributed by atoms with Gasteiger partial charge in [0.15, 0.2) is 0 Å². The zero-order valence-electron chi connectivity index (χ0n) is 11.4. The number of carbonyl (C=O) groups is 1. The molecule has 0 unspecified atom stereocenters. The minimum Gasteiger partial charge on any atom is -0.492 e. The predicted molar refractivity (Wildman–Crippen MR) is 86.8 cm³/mol. The Labute approximate surface area is 134 Å². The molecule has 0 atom stereocenters. The van der Waals surface area contributed by atoms with Gasteiger partial charge in [0.2, 0.25) is 5.91 Å². The van der Waals surface area contributed by atoms with E-state index in [1.54, 1.807) is 0 Å². The summed E-state index contributed by atoms with van der Waals surface area (Å²) < 4.78 is 6.44. The monoisotopic (exact) mass is 362 g/mol. The number of hydrogen-bond donors (Lipinski definition) is 2. The highest BCUT2D eigenvalue weighted by molar-refractivity contribution is 9.10. The van der Waals surface area contributed by atoms with Gasteiger partial charge < -0.3 is 15.4 Å². The third-order valence-corrected chi connectivity index (χ3v) is 3.43. The van der Waals surface area contributed by atoms with Crippen LogP contribution in [0.1, 0.15) is 19.8 Å². The minimum absolute atomic E-state index is 0. The predicted octanol–water partition coefficient (Wildman–Crippen LogP) is 3.21. The molecule has 2 N–H and O–H groups in total. The fourth-order valence-corrected chi connectivity index (χ4v) is 2.12. The van der Waals surface area contributed by atoms with E-state index in [0.717, 1.165) is 16.9 Å². The van der Waals surface area contributed by atoms with Gasteiger partial charge in [-0.2, -0.15) is 0 Å². The number of ether oxygens (including phenoxy) is 1. The first kappa shape index (κ1) is 17.3. The summed E-state index contributed by atoms with van der Waals surface area (Å²) in [6.45, 7) is 3.77. The van der Waals surface area contributed by atoms with Gasteiger partial charge in [0.05, 0.1) is 18.8 Å². The smallest absolute Gasteiger partial charge is 0.238 e. The van der Waals surface area contributed by atoms with Crippen molar-refractivity contribution in [3.8, 4) is 5.75 Å². The molecule has 4 nitrogen and oxygen atoms in total. The van der Waals surface area contributed by atoms with Crippen LogP contribution in [0.25, 0.3) is 0 Å². The zero-order chi connectivity index (χ0) is 13.7. The van der Waals surface area contributed by atoms with E-state index in [9.17, 15) is 4.79 Å². The molecule has 0 spiro atoms. The summed E-state index contributed by atoms with van der Waals surface area (Å²) in [5.74, 6) is 1.43. The van der Waals surface area contributed by atoms with E-state index >= 15 is 0 Å². The average molecular weight is 364 g/mol. The molecule has 1 aromatic rings. The van der Waals surface area contributed by atoms with Crippen molar-refractivity contribution in [2.75, 3.05) is 25.0 Å². The molecule has 0 radical (unpaired) electrons. The maximum absolute atomic E-state index is 11.8. The van der Waals surface area contributed by atoms with E-state index in [1.807, 2.05) is 25.1 Å². The van der Waals surface area contributed by atoms with E-state index < -0.39 is 0 Å². The van der Waals surface area contributed by atoms with E-state index in [2.05, 4.69) is 26.6 Å². The molecule has 0 aromatic heterocycles. The minimum atomic E-state index is -0.0380. The van der Waals surface area contributed by atoms with Crippen LogP contribution in [0.2, 0.25) is 0 Å². The lowest BCUT2D eigenvalue weighted by Gasteiger charge is -2.12. The molecule has 2 rings (SSSR count). The summed E-state index contributed by atoms with van der Waals surface area (Å²) in [5, 5.41) is 6.04. The molecule has 0 saturated heterocycles. The van der Waals surface area contributed by atoms with Crippen LogP contribution in [0.3, 0.4) is 0 Å². The van der Waals surface area contributed by atoms with Crippen molar-refractivity contribution in [1.82, 2.24) is 5.32 Å². The highest BCUT2D eigenvalue weighted by Gasteiger charge is 2.20. The van der Waals surface area contributed by atoms with Gasteiger partial charge in [-0.1, -0.05) is 15.9 Å². The third kappa shape index (κ3) is 5.69. The Morgan fingerprint density at radius 1 is 1.45 bits per heavy atom. The van der Waals surface area contributed by atoms with Crippen molar-refractivity contribution in [2.24, 2.45) is 5.92 Å². The normalized spacial score (nSPS) is 13.5. The summed E-state index contributed by atoms with van der Waals surface area (Å²) >= 11 is 3.39. The molecule has 1 aliphatic carbocycles. The Kier molecular flexibility index (Phi) is 7.34. The van der Waals surface area contributed by atoms with Gasteiger partial charge in [-0.05, 0) is 50.4 Å². The molecule has 1 aromatic carbocycles. The lowest BCUT2D eigenvalue weighted by molar-refractivity contribution is -0.115. The first-order valence-electron chi connectivity index (χ1n) is 6.62. The highest BCUT2D eigenvalue weighted by atomic mass is 79.9. The van der Waals surface area contributed by atoms with Crippen LogP contribution in [0.5, 0.6) is 5.75 Å². The molecule has 0 heterocycles. The molecule has 1 aliphatic rings. The summed E-state index contributed by atoms with van der Waals surface area (Å²) in [6, 6.07) is 5.58. The first-order valence-corrected chi connectivity index (χ1v) is 7.41. The fraction of sp³-hybridized carbons (Fsp3) is 0.500. The molecule has 20 heavy (non-hydrogen) atoms. The number of nitrogens with one attached hydrogen (secondary N) is 2. The fourth-order valence-electron chi connectivity index (χ4n) is 1.78. The number of benzene rings is 1. The number of halogens is 2. The van der Waals surface area contributed by atoms with Gasteiger partial charge in [0.25, 0.3) is 0 Å². The number of rotatable bonds is 7. The lowest BCUT2D eigenvalue weighted by Crippen LogP contribution is -2.29. The maximum Gasteiger partial charge on any atom is 0.238 e. The second-order valence-corrected chi connectivity index (χ2v) is 5.61. The van der Waals surface area contributed by atoms with E-state index in [4.69, 9.17) is 4.74 Å². The van der Waals surface area contributed by atoms with Gasteiger partial charge in [-0.25, -0.2) is 0 Å². The Morgan fingerprint density at radius 3 is 2.85 bits per heavy atom. The van der Waals surface area contributed by atoms with Crippen LogP contribution in [0, 0.1) is 5.92 Å². The number of carbonyl (C=O) groups excluding carboxylic acids is 1.